The van der Waals surface area contributed by atoms with Gasteiger partial charge in [0.2, 0.25) is 5.75 Å². The van der Waals surface area contributed by atoms with Gasteiger partial charge >= 0.3 is 17.9 Å². The van der Waals surface area contributed by atoms with Gasteiger partial charge in [-0.2, -0.15) is 0 Å². The van der Waals surface area contributed by atoms with Crippen LogP contribution >= 0.6 is 0 Å². The Hall–Kier alpha value is -6.81. The second-order valence-electron chi connectivity index (χ2n) is 17.1. The Morgan fingerprint density at radius 1 is 0.671 bits per heavy atom. The van der Waals surface area contributed by atoms with Crippen molar-refractivity contribution >= 4 is 29.7 Å². The number of halogens is 2. The van der Waals surface area contributed by atoms with E-state index in [0.29, 0.717) is 26.1 Å². The van der Waals surface area contributed by atoms with Crippen LogP contribution in [0, 0.1) is 11.6 Å². The van der Waals surface area contributed by atoms with Gasteiger partial charge in [-0.05, 0) is 62.1 Å². The summed E-state index contributed by atoms with van der Waals surface area (Å²) < 4.78 is 77.7. The molecule has 21 heteroatoms. The monoisotopic (exact) mass is 1020 g/mol. The van der Waals surface area contributed by atoms with E-state index in [1.165, 1.54) is 69.9 Å². The first-order valence-corrected chi connectivity index (χ1v) is 24.0. The molecule has 4 heterocycles. The zero-order chi connectivity index (χ0) is 53.0. The molecule has 2 aliphatic rings. The van der Waals surface area contributed by atoms with Crippen LogP contribution in [0.2, 0.25) is 0 Å². The lowest BCUT2D eigenvalue weighted by atomic mass is 10.0. The highest BCUT2D eigenvalue weighted by Crippen LogP contribution is 2.31. The van der Waals surface area contributed by atoms with E-state index in [4.69, 9.17) is 42.6 Å². The zero-order valence-corrected chi connectivity index (χ0v) is 41.9. The molecule has 2 amide bonds. The summed E-state index contributed by atoms with van der Waals surface area (Å²) in [7, 11) is 2.71. The summed E-state index contributed by atoms with van der Waals surface area (Å²) in [6.07, 6.45) is 1.72. The van der Waals surface area contributed by atoms with Crippen LogP contribution in [0.5, 0.6) is 23.0 Å². The van der Waals surface area contributed by atoms with E-state index < -0.39 is 84.2 Å². The first-order chi connectivity index (χ1) is 35.1. The summed E-state index contributed by atoms with van der Waals surface area (Å²) in [5.41, 5.74) is 1.19. The zero-order valence-electron chi connectivity index (χ0n) is 41.9. The first-order valence-electron chi connectivity index (χ1n) is 24.0. The summed E-state index contributed by atoms with van der Waals surface area (Å²) in [5, 5.41) is 15.4. The molecular weight excluding hydrogens is 959 g/mol. The van der Waals surface area contributed by atoms with Gasteiger partial charge in [0.25, 0.3) is 11.8 Å². The van der Waals surface area contributed by atoms with Gasteiger partial charge in [-0.1, -0.05) is 38.1 Å². The van der Waals surface area contributed by atoms with Crippen molar-refractivity contribution in [2.24, 2.45) is 0 Å². The quantitative estimate of drug-likeness (QED) is 0.106. The Balaban J connectivity index is 0.000000272. The van der Waals surface area contributed by atoms with Crippen LogP contribution in [-0.4, -0.2) is 134 Å². The summed E-state index contributed by atoms with van der Waals surface area (Å²) in [4.78, 5) is 71.4. The lowest BCUT2D eigenvalue weighted by Crippen LogP contribution is -2.46. The Kier molecular flexibility index (Phi) is 22.2. The van der Waals surface area contributed by atoms with Crippen LogP contribution < -0.4 is 24.8 Å². The van der Waals surface area contributed by atoms with E-state index in [2.05, 4.69) is 20.6 Å². The number of hydrogen-bond donors (Lipinski definition) is 3. The topological polar surface area (TPSA) is 238 Å². The molecule has 0 bridgehead atoms. The van der Waals surface area contributed by atoms with Crippen molar-refractivity contribution in [3.63, 3.8) is 0 Å². The highest BCUT2D eigenvalue weighted by molar-refractivity contribution is 5.99. The minimum atomic E-state index is -1.07. The standard InChI is InChI=1S/C27H33FN2O8.C25H31FN2O7/c1-5-13-36-24-16(2)37-27(33)20(11-14-35-22(24)15-18-6-8-19(28)9-7-18)30-26(32)23-25(38-17(3)31)21(34-4)10-12-29-23;1-4-12-34-23-15(2)35-25(31)18(28-24(30)21-22(29)19(32-3)9-11-27-21)10-13-33-20(23)14-16-5-7-17(26)8-6-16/h6-10,12,16,20,22,24H,5,11,13-15H2,1-4H3,(H,30,32);5-9,11,15,18,20,23,29H,4,10,12-14H2,1-3H3,(H,28,30)/t16-,20-,22+,24-;15-,18-,20+,23-/m00/s1. The maximum Gasteiger partial charge on any atom is 0.329 e. The molecule has 0 spiro atoms. The van der Waals surface area contributed by atoms with E-state index in [0.717, 1.165) is 24.0 Å². The Bertz CT molecular complexity index is 2450. The highest BCUT2D eigenvalue weighted by atomic mass is 19.1. The van der Waals surface area contributed by atoms with Crippen molar-refractivity contribution < 1.29 is 80.5 Å². The van der Waals surface area contributed by atoms with Gasteiger partial charge in [0, 0.05) is 83.6 Å². The van der Waals surface area contributed by atoms with Gasteiger partial charge in [0.05, 0.1) is 26.4 Å². The lowest BCUT2D eigenvalue weighted by Gasteiger charge is -2.31. The predicted octanol–water partition coefficient (Wildman–Crippen LogP) is 5.80. The number of carbonyl (C=O) groups excluding carboxylic acids is 5. The summed E-state index contributed by atoms with van der Waals surface area (Å²) >= 11 is 0. The van der Waals surface area contributed by atoms with Gasteiger partial charge in [-0.15, -0.1) is 0 Å². The maximum absolute atomic E-state index is 13.4. The third kappa shape index (κ3) is 16.6. The molecule has 3 N–H and O–H groups in total. The van der Waals surface area contributed by atoms with Gasteiger partial charge in [0.15, 0.2) is 28.6 Å². The van der Waals surface area contributed by atoms with Crippen LogP contribution in [0.25, 0.3) is 0 Å². The van der Waals surface area contributed by atoms with E-state index in [1.807, 2.05) is 13.8 Å². The molecule has 2 saturated heterocycles. The molecule has 19 nitrogen and oxygen atoms in total. The summed E-state index contributed by atoms with van der Waals surface area (Å²) in [6.45, 7) is 9.62. The highest BCUT2D eigenvalue weighted by Gasteiger charge is 2.38. The number of esters is 3. The van der Waals surface area contributed by atoms with Crippen LogP contribution in [0.3, 0.4) is 0 Å². The smallest absolute Gasteiger partial charge is 0.329 e. The Morgan fingerprint density at radius 3 is 1.52 bits per heavy atom. The lowest BCUT2D eigenvalue weighted by molar-refractivity contribution is -0.165. The van der Waals surface area contributed by atoms with Crippen molar-refractivity contribution in [2.75, 3.05) is 40.6 Å². The normalized spacial score (nSPS) is 22.4. The van der Waals surface area contributed by atoms with Gasteiger partial charge < -0.3 is 58.4 Å². The average Bonchev–Trinajstić information content (AvgIpc) is 3.44. The van der Waals surface area contributed by atoms with Crippen molar-refractivity contribution in [2.45, 2.75) is 122 Å². The van der Waals surface area contributed by atoms with Crippen LogP contribution in [0.4, 0.5) is 8.78 Å². The molecule has 2 aromatic carbocycles. The minimum absolute atomic E-state index is 0.0821. The number of nitrogens with zero attached hydrogens (tertiary/aromatic N) is 2. The third-order valence-corrected chi connectivity index (χ3v) is 11.5. The van der Waals surface area contributed by atoms with E-state index in [9.17, 15) is 37.9 Å². The van der Waals surface area contributed by atoms with Crippen molar-refractivity contribution in [1.29, 1.82) is 0 Å². The van der Waals surface area contributed by atoms with Crippen LogP contribution in [0.1, 0.15) is 92.4 Å². The largest absolute Gasteiger partial charge is 0.503 e. The molecule has 0 radical (unpaired) electrons. The molecule has 0 unspecified atom stereocenters. The number of methoxy groups -OCH3 is 2. The molecule has 2 aliphatic heterocycles. The SMILES string of the molecule is CCCO[C@H]1[C@H](C)OC(=O)[C@@H](NC(=O)c2nccc(OC)c2O)CCO[C@@H]1Cc1ccc(F)cc1.CCCO[C@H]1[C@H](C)OC(=O)[C@@H](NC(=O)c2nccc(OC)c2OC(C)=O)CCO[C@@H]1Cc1ccc(F)cc1. The number of aromatic nitrogens is 2. The molecule has 8 atom stereocenters. The number of carbonyl (C=O) groups is 5. The maximum atomic E-state index is 13.4. The predicted molar refractivity (Wildman–Crippen MR) is 257 cm³/mol. The van der Waals surface area contributed by atoms with Crippen molar-refractivity contribution in [1.82, 2.24) is 20.6 Å². The molecule has 396 valence electrons. The molecule has 0 aliphatic carbocycles. The van der Waals surface area contributed by atoms with E-state index in [1.54, 1.807) is 38.1 Å². The minimum Gasteiger partial charge on any atom is -0.503 e. The number of hydrogen-bond acceptors (Lipinski definition) is 17. The van der Waals surface area contributed by atoms with Crippen molar-refractivity contribution in [3.05, 3.63) is 107 Å². The van der Waals surface area contributed by atoms with Crippen molar-refractivity contribution in [3.8, 4) is 23.0 Å². The molecule has 6 rings (SSSR count). The van der Waals surface area contributed by atoms with Gasteiger partial charge in [-0.3, -0.25) is 14.4 Å². The van der Waals surface area contributed by atoms with Gasteiger partial charge in [0.1, 0.15) is 48.1 Å². The number of pyridine rings is 2. The summed E-state index contributed by atoms with van der Waals surface area (Å²) in [6, 6.07) is 12.9. The van der Waals surface area contributed by atoms with E-state index >= 15 is 0 Å². The van der Waals surface area contributed by atoms with Crippen LogP contribution in [-0.2, 0) is 55.6 Å². The Morgan fingerprint density at radius 2 is 1.10 bits per heavy atom. The number of benzene rings is 2. The number of aromatic hydroxyl groups is 1. The first kappa shape index (κ1) is 57.1. The Labute approximate surface area is 422 Å². The molecule has 0 saturated carbocycles. The molecule has 4 aromatic rings. The van der Waals surface area contributed by atoms with E-state index in [-0.39, 0.29) is 66.3 Å². The fourth-order valence-corrected chi connectivity index (χ4v) is 7.90. The molecular formula is C52H64F2N4O15. The number of ether oxygens (including phenoxy) is 9. The second-order valence-corrected chi connectivity index (χ2v) is 17.1. The summed E-state index contributed by atoms with van der Waals surface area (Å²) in [5.74, 6) is -4.54. The number of cyclic esters (lactones) is 2. The fourth-order valence-electron chi connectivity index (χ4n) is 7.90. The third-order valence-electron chi connectivity index (χ3n) is 11.5. The van der Waals surface area contributed by atoms with Crippen LogP contribution in [0.15, 0.2) is 73.1 Å². The molecule has 2 fully saturated rings. The number of amides is 2. The fraction of sp³-hybridized carbons (Fsp3) is 0.481. The number of nitrogens with one attached hydrogen (secondary N) is 2. The molecule has 73 heavy (non-hydrogen) atoms. The average molecular weight is 1020 g/mol. The van der Waals surface area contributed by atoms with Gasteiger partial charge in [-0.25, -0.2) is 28.3 Å². The molecule has 2 aromatic heterocycles. The second kappa shape index (κ2) is 28.4. The number of rotatable bonds is 17.